The molecule has 8 nitrogen and oxygen atoms in total. The highest BCUT2D eigenvalue weighted by Crippen LogP contribution is 2.36. The van der Waals surface area contributed by atoms with Gasteiger partial charge in [0.05, 0.1) is 13.3 Å². The predicted octanol–water partition coefficient (Wildman–Crippen LogP) is 3.08. The number of fused-ring (bicyclic) bond motifs is 1. The number of para-hydroxylation sites is 1. The lowest BCUT2D eigenvalue weighted by Crippen LogP contribution is -2.47. The van der Waals surface area contributed by atoms with Crippen LogP contribution in [-0.4, -0.2) is 26.1 Å². The lowest BCUT2D eigenvalue weighted by Gasteiger charge is -2.33. The molecular formula is C19H23N3O5S. The molecule has 2 aromatic rings. The number of sulfonamides is 1. The third kappa shape index (κ3) is 3.60. The van der Waals surface area contributed by atoms with E-state index in [4.69, 9.17) is 10.6 Å². The van der Waals surface area contributed by atoms with Crippen LogP contribution in [0.4, 0.5) is 0 Å². The molecule has 0 radical (unpaired) electrons. The predicted molar refractivity (Wildman–Crippen MR) is 107 cm³/mol. The van der Waals surface area contributed by atoms with Crippen molar-refractivity contribution in [2.45, 2.75) is 43.2 Å². The summed E-state index contributed by atoms with van der Waals surface area (Å²) in [6.45, 7) is 1.78. The Balaban J connectivity index is 2.00. The van der Waals surface area contributed by atoms with Gasteiger partial charge in [0.25, 0.3) is 10.0 Å². The zero-order chi connectivity index (χ0) is 20.3. The molecule has 0 unspecified atom stereocenters. The molecule has 1 aliphatic carbocycles. The van der Waals surface area contributed by atoms with Crippen LogP contribution in [0.25, 0.3) is 5.48 Å². The third-order valence-electron chi connectivity index (χ3n) is 5.16. The number of nitrogens with two attached hydrogens (primary N) is 1. The standard InChI is InChI=1S/C19H23N3O5S/c1-13(15-9-5-7-14-8-6-10-16(14)15)19(21-27-23)22(20)28(24,25)18-12-4-3-11-17(18)26-2/h3-5,7,9,11-13,19H,6,8,10,20H2,1-2H3/t13-,19+/m1/s1. The maximum Gasteiger partial charge on any atom is 0.258 e. The van der Waals surface area contributed by atoms with Crippen molar-refractivity contribution < 1.29 is 13.2 Å². The summed E-state index contributed by atoms with van der Waals surface area (Å²) < 4.78 is 35.6. The van der Waals surface area contributed by atoms with Crippen molar-refractivity contribution in [3.63, 3.8) is 0 Å². The topological polar surface area (TPSA) is 115 Å². The van der Waals surface area contributed by atoms with Crippen LogP contribution >= 0.6 is 0 Å². The van der Waals surface area contributed by atoms with Crippen molar-refractivity contribution >= 4 is 10.0 Å². The summed E-state index contributed by atoms with van der Waals surface area (Å²) in [7, 11) is -2.83. The van der Waals surface area contributed by atoms with Crippen LogP contribution in [0.2, 0.25) is 0 Å². The minimum Gasteiger partial charge on any atom is -0.495 e. The molecule has 2 aromatic carbocycles. The number of ether oxygens (including phenoxy) is 1. The summed E-state index contributed by atoms with van der Waals surface area (Å²) in [6.07, 6.45) is 1.66. The zero-order valence-corrected chi connectivity index (χ0v) is 16.6. The Morgan fingerprint density at radius 3 is 2.64 bits per heavy atom. The molecule has 0 spiro atoms. The van der Waals surface area contributed by atoms with Crippen molar-refractivity contribution in [2.75, 3.05) is 7.11 Å². The number of hydrogen-bond donors (Lipinski definition) is 1. The smallest absolute Gasteiger partial charge is 0.258 e. The highest BCUT2D eigenvalue weighted by atomic mass is 32.2. The molecule has 9 heteroatoms. The van der Waals surface area contributed by atoms with Crippen molar-refractivity contribution in [2.24, 2.45) is 5.84 Å². The molecule has 3 rings (SSSR count). The molecule has 0 bridgehead atoms. The number of rotatable bonds is 8. The Bertz CT molecular complexity index is 964. The van der Waals surface area contributed by atoms with Crippen molar-refractivity contribution in [1.29, 1.82) is 0 Å². The second kappa shape index (κ2) is 8.26. The third-order valence-corrected chi connectivity index (χ3v) is 6.82. The van der Waals surface area contributed by atoms with E-state index < -0.39 is 22.1 Å². The van der Waals surface area contributed by atoms with Gasteiger partial charge in [-0.25, -0.2) is 8.42 Å². The Morgan fingerprint density at radius 1 is 1.18 bits per heavy atom. The van der Waals surface area contributed by atoms with E-state index in [2.05, 4.69) is 16.2 Å². The first-order valence-corrected chi connectivity index (χ1v) is 10.4. The fourth-order valence-electron chi connectivity index (χ4n) is 3.73. The van der Waals surface area contributed by atoms with E-state index in [0.29, 0.717) is 4.41 Å². The lowest BCUT2D eigenvalue weighted by molar-refractivity contribution is 0.328. The first-order valence-electron chi connectivity index (χ1n) is 8.93. The summed E-state index contributed by atoms with van der Waals surface area (Å²) in [6, 6.07) is 12.0. The van der Waals surface area contributed by atoms with Crippen molar-refractivity contribution in [1.82, 2.24) is 4.41 Å². The van der Waals surface area contributed by atoms with E-state index in [9.17, 15) is 13.4 Å². The molecule has 2 atom stereocenters. The lowest BCUT2D eigenvalue weighted by atomic mass is 9.91. The molecular weight excluding hydrogens is 382 g/mol. The molecule has 1 aliphatic rings. The molecule has 0 fully saturated rings. The number of hydroxylamine groups is 1. The average Bonchev–Trinajstić information content (AvgIpc) is 3.19. The minimum atomic E-state index is -4.20. The SMILES string of the molecule is COc1ccccc1S(=O)(=O)N(N)[C@H]([N-][O+]=O)[C@H](C)c1cccc2c1CCC2. The Labute approximate surface area is 164 Å². The number of nitrogens with zero attached hydrogens (tertiary/aromatic N) is 2. The molecule has 0 saturated heterocycles. The first kappa shape index (κ1) is 20.2. The Hall–Kier alpha value is -2.49. The average molecular weight is 405 g/mol. The Morgan fingerprint density at radius 2 is 1.93 bits per heavy atom. The largest absolute Gasteiger partial charge is 0.495 e. The van der Waals surface area contributed by atoms with E-state index in [1.54, 1.807) is 19.1 Å². The van der Waals surface area contributed by atoms with Crippen LogP contribution < -0.4 is 10.6 Å². The summed E-state index contributed by atoms with van der Waals surface area (Å²) in [5.74, 6) is 5.65. The Kier molecular flexibility index (Phi) is 5.97. The zero-order valence-electron chi connectivity index (χ0n) is 15.7. The van der Waals surface area contributed by atoms with Crippen LogP contribution in [0.15, 0.2) is 47.4 Å². The normalized spacial score (nSPS) is 15.7. The van der Waals surface area contributed by atoms with Gasteiger partial charge in [-0.1, -0.05) is 37.3 Å². The molecule has 2 N–H and O–H groups in total. The molecule has 0 aliphatic heterocycles. The van der Waals surface area contributed by atoms with E-state index in [1.807, 2.05) is 12.1 Å². The van der Waals surface area contributed by atoms with E-state index in [1.165, 1.54) is 24.8 Å². The van der Waals surface area contributed by atoms with Gasteiger partial charge in [0.1, 0.15) is 10.6 Å². The fraction of sp³-hybridized carbons (Fsp3) is 0.368. The summed E-state index contributed by atoms with van der Waals surface area (Å²) in [5.41, 5.74) is 6.79. The second-order valence-electron chi connectivity index (χ2n) is 6.71. The summed E-state index contributed by atoms with van der Waals surface area (Å²) in [4.78, 5) is 10.7. The maximum absolute atomic E-state index is 13.1. The number of methoxy groups -OCH3 is 1. The van der Waals surface area contributed by atoms with Crippen LogP contribution in [0.3, 0.4) is 0 Å². The molecule has 0 amide bonds. The van der Waals surface area contributed by atoms with Gasteiger partial charge >= 0.3 is 0 Å². The first-order chi connectivity index (χ1) is 13.4. The molecule has 0 saturated carbocycles. The van der Waals surface area contributed by atoms with Crippen LogP contribution in [-0.2, 0) is 22.9 Å². The summed E-state index contributed by atoms with van der Waals surface area (Å²) in [5, 5.41) is 0. The van der Waals surface area contributed by atoms with Crippen LogP contribution in [0.1, 0.15) is 36.0 Å². The van der Waals surface area contributed by atoms with Crippen molar-refractivity contribution in [3.8, 4) is 5.75 Å². The highest BCUT2D eigenvalue weighted by molar-refractivity contribution is 7.89. The number of aryl methyl sites for hydroxylation is 1. The van der Waals surface area contributed by atoms with Gasteiger partial charge in [0, 0.05) is 4.70 Å². The fourth-order valence-corrected chi connectivity index (χ4v) is 5.12. The van der Waals surface area contributed by atoms with Gasteiger partial charge in [-0.15, -0.1) is 4.41 Å². The second-order valence-corrected chi connectivity index (χ2v) is 8.52. The highest BCUT2D eigenvalue weighted by Gasteiger charge is 2.34. The summed E-state index contributed by atoms with van der Waals surface area (Å²) >= 11 is 0. The van der Waals surface area contributed by atoms with E-state index in [-0.39, 0.29) is 10.6 Å². The van der Waals surface area contributed by atoms with Gasteiger partial charge in [-0.2, -0.15) is 5.48 Å². The monoisotopic (exact) mass is 405 g/mol. The van der Waals surface area contributed by atoms with Gasteiger partial charge in [0.2, 0.25) is 4.96 Å². The van der Waals surface area contributed by atoms with Crippen molar-refractivity contribution in [3.05, 3.63) is 74.3 Å². The number of hydrazine groups is 1. The molecule has 0 aromatic heterocycles. The van der Waals surface area contributed by atoms with E-state index >= 15 is 0 Å². The van der Waals surface area contributed by atoms with Crippen LogP contribution in [0, 0.1) is 9.66 Å². The van der Waals surface area contributed by atoms with E-state index in [0.717, 1.165) is 30.4 Å². The van der Waals surface area contributed by atoms with Gasteiger partial charge in [-0.3, -0.25) is 5.84 Å². The molecule has 0 heterocycles. The molecule has 150 valence electrons. The van der Waals surface area contributed by atoms with Gasteiger partial charge in [0.15, 0.2) is 0 Å². The van der Waals surface area contributed by atoms with Gasteiger partial charge in [-0.05, 0) is 54.0 Å². The maximum atomic E-state index is 13.1. The van der Waals surface area contributed by atoms with Gasteiger partial charge < -0.3 is 4.74 Å². The van der Waals surface area contributed by atoms with Crippen LogP contribution in [0.5, 0.6) is 5.75 Å². The quantitative estimate of drug-likeness (QED) is 0.412. The minimum absolute atomic E-state index is 0.114. The number of hydrogen-bond acceptors (Lipinski definition) is 5. The number of benzene rings is 2. The molecule has 28 heavy (non-hydrogen) atoms.